The Morgan fingerprint density at radius 1 is 1.35 bits per heavy atom. The van der Waals surface area contributed by atoms with Gasteiger partial charge in [-0.1, -0.05) is 42.6 Å². The van der Waals surface area contributed by atoms with Crippen LogP contribution in [-0.4, -0.2) is 9.59 Å². The quantitative estimate of drug-likeness (QED) is 0.882. The highest BCUT2D eigenvalue weighted by Gasteiger charge is 2.38. The van der Waals surface area contributed by atoms with Gasteiger partial charge >= 0.3 is 0 Å². The zero-order valence-electron chi connectivity index (χ0n) is 9.97. The minimum absolute atomic E-state index is 0.230. The van der Waals surface area contributed by atoms with Crippen molar-refractivity contribution in [2.24, 2.45) is 5.41 Å². The van der Waals surface area contributed by atoms with Crippen LogP contribution in [0.2, 0.25) is 0 Å². The maximum atomic E-state index is 3.90. The lowest BCUT2D eigenvalue weighted by Crippen LogP contribution is -2.24. The number of nitrogens with zero attached hydrogens (tertiary/aromatic N) is 2. The van der Waals surface area contributed by atoms with Crippen LogP contribution in [0.4, 0.5) is 5.00 Å². The Hall–Kier alpha value is -1.42. The molecule has 0 bridgehead atoms. The summed E-state index contributed by atoms with van der Waals surface area (Å²) in [6.07, 6.45) is 2.91. The second-order valence-corrected chi connectivity index (χ2v) is 6.01. The van der Waals surface area contributed by atoms with Gasteiger partial charge in [0.25, 0.3) is 0 Å². The summed E-state index contributed by atoms with van der Waals surface area (Å²) >= 11 is 1.41. The Morgan fingerprint density at radius 3 is 2.94 bits per heavy atom. The molecule has 3 nitrogen and oxygen atoms in total. The van der Waals surface area contributed by atoms with Crippen molar-refractivity contribution >= 4 is 16.5 Å². The molecule has 1 atom stereocenters. The van der Waals surface area contributed by atoms with Crippen molar-refractivity contribution in [3.63, 3.8) is 0 Å². The van der Waals surface area contributed by atoms with E-state index in [-0.39, 0.29) is 5.41 Å². The Bertz CT molecular complexity index is 519. The van der Waals surface area contributed by atoms with Gasteiger partial charge in [0.2, 0.25) is 0 Å². The number of aromatic nitrogens is 2. The number of anilines is 1. The Kier molecular flexibility index (Phi) is 2.40. The molecule has 0 amide bonds. The Balaban J connectivity index is 1.97. The van der Waals surface area contributed by atoms with E-state index >= 15 is 0 Å². The molecule has 1 aliphatic rings. The number of rotatable bonds is 2. The third-order valence-corrected chi connectivity index (χ3v) is 4.04. The zero-order valence-corrected chi connectivity index (χ0v) is 10.8. The van der Waals surface area contributed by atoms with Crippen molar-refractivity contribution in [2.75, 3.05) is 5.32 Å². The first-order chi connectivity index (χ1) is 8.17. The highest BCUT2D eigenvalue weighted by atomic mass is 32.1. The average Bonchev–Trinajstić information content (AvgIpc) is 2.86. The third-order valence-electron chi connectivity index (χ3n) is 3.44. The van der Waals surface area contributed by atoms with Crippen molar-refractivity contribution < 1.29 is 0 Å². The van der Waals surface area contributed by atoms with Crippen LogP contribution in [0, 0.1) is 5.41 Å². The second kappa shape index (κ2) is 3.81. The van der Waals surface area contributed by atoms with E-state index in [0.717, 1.165) is 11.4 Å². The van der Waals surface area contributed by atoms with Crippen molar-refractivity contribution in [3.8, 4) is 0 Å². The normalized spacial score (nSPS) is 21.2. The molecule has 1 aromatic heterocycles. The topological polar surface area (TPSA) is 37.8 Å². The molecule has 1 unspecified atom stereocenters. The van der Waals surface area contributed by atoms with E-state index in [9.17, 15) is 0 Å². The molecule has 1 aromatic carbocycles. The second-order valence-electron chi connectivity index (χ2n) is 5.22. The molecule has 0 fully saturated rings. The lowest BCUT2D eigenvalue weighted by Gasteiger charge is -2.28. The highest BCUT2D eigenvalue weighted by Crippen LogP contribution is 2.46. The van der Waals surface area contributed by atoms with Crippen LogP contribution in [0.25, 0.3) is 0 Å². The fourth-order valence-electron chi connectivity index (χ4n) is 2.64. The molecule has 3 rings (SSSR count). The maximum absolute atomic E-state index is 3.90. The zero-order chi connectivity index (χ0) is 11.9. The number of hydrogen-bond donors (Lipinski definition) is 1. The molecule has 1 aliphatic carbocycles. The SMILES string of the molecule is CC1(C)Cc2ccccc2C1Nc1cnns1. The van der Waals surface area contributed by atoms with Crippen LogP contribution in [-0.2, 0) is 6.42 Å². The predicted molar refractivity (Wildman–Crippen MR) is 70.2 cm³/mol. The lowest BCUT2D eigenvalue weighted by molar-refractivity contribution is 0.337. The van der Waals surface area contributed by atoms with E-state index < -0.39 is 0 Å². The van der Waals surface area contributed by atoms with Crippen LogP contribution in [0.5, 0.6) is 0 Å². The van der Waals surface area contributed by atoms with E-state index in [2.05, 4.69) is 53.0 Å². The average molecular weight is 245 g/mol. The molecule has 17 heavy (non-hydrogen) atoms. The first-order valence-corrected chi connectivity index (χ1v) is 6.56. The van der Waals surface area contributed by atoms with Gasteiger partial charge in [0.1, 0.15) is 5.00 Å². The summed E-state index contributed by atoms with van der Waals surface area (Å²) in [5.74, 6) is 0. The van der Waals surface area contributed by atoms with Gasteiger partial charge in [0.15, 0.2) is 0 Å². The van der Waals surface area contributed by atoms with E-state index in [1.54, 1.807) is 6.20 Å². The van der Waals surface area contributed by atoms with E-state index in [1.165, 1.54) is 22.7 Å². The van der Waals surface area contributed by atoms with Crippen molar-refractivity contribution in [3.05, 3.63) is 41.6 Å². The fourth-order valence-corrected chi connectivity index (χ4v) is 3.08. The van der Waals surface area contributed by atoms with Crippen LogP contribution in [0.3, 0.4) is 0 Å². The summed E-state index contributed by atoms with van der Waals surface area (Å²) in [7, 11) is 0. The summed E-state index contributed by atoms with van der Waals surface area (Å²) in [6, 6.07) is 9.02. The molecule has 4 heteroatoms. The summed E-state index contributed by atoms with van der Waals surface area (Å²) in [5.41, 5.74) is 3.09. The number of benzene rings is 1. The van der Waals surface area contributed by atoms with Gasteiger partial charge in [-0.05, 0) is 23.0 Å². The fraction of sp³-hybridized carbons (Fsp3) is 0.385. The third kappa shape index (κ3) is 1.82. The molecule has 2 aromatic rings. The number of fused-ring (bicyclic) bond motifs is 1. The van der Waals surface area contributed by atoms with E-state index in [4.69, 9.17) is 0 Å². The van der Waals surface area contributed by atoms with E-state index in [1.807, 2.05) is 0 Å². The molecule has 1 N–H and O–H groups in total. The summed E-state index contributed by atoms with van der Waals surface area (Å²) in [5, 5.41) is 8.48. The monoisotopic (exact) mass is 245 g/mol. The molecule has 88 valence electrons. The van der Waals surface area contributed by atoms with E-state index in [0.29, 0.717) is 6.04 Å². The van der Waals surface area contributed by atoms with Gasteiger partial charge < -0.3 is 5.32 Å². The van der Waals surface area contributed by atoms with Crippen LogP contribution >= 0.6 is 11.5 Å². The molecule has 0 aliphatic heterocycles. The smallest absolute Gasteiger partial charge is 0.130 e. The molecule has 1 heterocycles. The molecule has 0 saturated carbocycles. The van der Waals surface area contributed by atoms with Crippen LogP contribution in [0.15, 0.2) is 30.5 Å². The number of hydrogen-bond acceptors (Lipinski definition) is 4. The first kappa shape index (κ1) is 10.7. The minimum atomic E-state index is 0.230. The summed E-state index contributed by atoms with van der Waals surface area (Å²) < 4.78 is 3.90. The Labute approximate surface area is 105 Å². The molecule has 0 saturated heterocycles. The number of nitrogens with one attached hydrogen (secondary N) is 1. The standard InChI is InChI=1S/C13H15N3S/c1-13(2)7-9-5-3-4-6-10(9)12(13)15-11-8-14-16-17-11/h3-6,8,12,15H,7H2,1-2H3. The van der Waals surface area contributed by atoms with Gasteiger partial charge in [-0.15, -0.1) is 5.10 Å². The maximum Gasteiger partial charge on any atom is 0.130 e. The molecular weight excluding hydrogens is 230 g/mol. The predicted octanol–water partition coefficient (Wildman–Crippen LogP) is 3.27. The van der Waals surface area contributed by atoms with Crippen LogP contribution in [0.1, 0.15) is 31.0 Å². The van der Waals surface area contributed by atoms with Crippen molar-refractivity contribution in [1.82, 2.24) is 9.59 Å². The largest absolute Gasteiger partial charge is 0.367 e. The van der Waals surface area contributed by atoms with Gasteiger partial charge in [-0.25, -0.2) is 0 Å². The Morgan fingerprint density at radius 2 is 2.18 bits per heavy atom. The van der Waals surface area contributed by atoms with Crippen molar-refractivity contribution in [1.29, 1.82) is 0 Å². The van der Waals surface area contributed by atoms with Gasteiger partial charge in [0.05, 0.1) is 12.2 Å². The van der Waals surface area contributed by atoms with Crippen molar-refractivity contribution in [2.45, 2.75) is 26.3 Å². The minimum Gasteiger partial charge on any atom is -0.367 e. The van der Waals surface area contributed by atoms with Crippen LogP contribution < -0.4 is 5.32 Å². The summed E-state index contributed by atoms with van der Waals surface area (Å²) in [6.45, 7) is 4.61. The van der Waals surface area contributed by atoms with Gasteiger partial charge in [-0.3, -0.25) is 0 Å². The first-order valence-electron chi connectivity index (χ1n) is 5.78. The van der Waals surface area contributed by atoms with Gasteiger partial charge in [-0.2, -0.15) is 0 Å². The molecule has 0 spiro atoms. The molecular formula is C13H15N3S. The molecule has 0 radical (unpaired) electrons. The lowest BCUT2D eigenvalue weighted by atomic mass is 9.85. The highest BCUT2D eigenvalue weighted by molar-refractivity contribution is 7.09. The van der Waals surface area contributed by atoms with Gasteiger partial charge in [0, 0.05) is 11.5 Å². The summed E-state index contributed by atoms with van der Waals surface area (Å²) in [4.78, 5) is 0.